The maximum absolute atomic E-state index is 11.6. The minimum atomic E-state index is -3.23. The lowest BCUT2D eigenvalue weighted by Crippen LogP contribution is -2.44. The second kappa shape index (κ2) is 5.09. The molecule has 14 heavy (non-hydrogen) atoms. The lowest BCUT2D eigenvalue weighted by molar-refractivity contribution is 0.283. The van der Waals surface area contributed by atoms with Crippen molar-refractivity contribution in [3.8, 4) is 0 Å². The molecule has 1 aliphatic carbocycles. The molecule has 0 aliphatic heterocycles. The van der Waals surface area contributed by atoms with Crippen LogP contribution in [-0.2, 0) is 10.2 Å². The molecule has 5 heteroatoms. The summed E-state index contributed by atoms with van der Waals surface area (Å²) in [6.07, 6.45) is 5.54. The molecule has 1 N–H and O–H groups in total. The van der Waals surface area contributed by atoms with Crippen LogP contribution in [0.1, 0.15) is 39.0 Å². The third kappa shape index (κ3) is 2.93. The molecule has 0 atom stereocenters. The zero-order valence-corrected chi connectivity index (χ0v) is 9.81. The van der Waals surface area contributed by atoms with Crippen LogP contribution in [-0.4, -0.2) is 32.4 Å². The van der Waals surface area contributed by atoms with Crippen LogP contribution < -0.4 is 4.72 Å². The molecule has 1 saturated carbocycles. The normalized spacial score (nSPS) is 20.2. The number of hydrogen-bond acceptors (Lipinski definition) is 2. The van der Waals surface area contributed by atoms with Gasteiger partial charge in [-0.1, -0.05) is 26.2 Å². The van der Waals surface area contributed by atoms with Gasteiger partial charge in [0.25, 0.3) is 10.2 Å². The SMILES string of the molecule is CCNS(=O)(=O)N(C)C1CCCCC1. The van der Waals surface area contributed by atoms with Crippen LogP contribution in [0.4, 0.5) is 0 Å². The van der Waals surface area contributed by atoms with Crippen LogP contribution in [0.15, 0.2) is 0 Å². The van der Waals surface area contributed by atoms with E-state index in [4.69, 9.17) is 0 Å². The average Bonchev–Trinajstić information content (AvgIpc) is 2.18. The fourth-order valence-electron chi connectivity index (χ4n) is 1.93. The average molecular weight is 220 g/mol. The molecule has 1 fully saturated rings. The molecule has 1 rings (SSSR count). The molecule has 0 aromatic carbocycles. The smallest absolute Gasteiger partial charge is 0.202 e. The van der Waals surface area contributed by atoms with E-state index in [1.807, 2.05) is 0 Å². The van der Waals surface area contributed by atoms with Gasteiger partial charge in [-0.2, -0.15) is 12.7 Å². The van der Waals surface area contributed by atoms with Crippen molar-refractivity contribution in [3.63, 3.8) is 0 Å². The Morgan fingerprint density at radius 3 is 2.36 bits per heavy atom. The van der Waals surface area contributed by atoms with Gasteiger partial charge >= 0.3 is 0 Å². The van der Waals surface area contributed by atoms with Gasteiger partial charge < -0.3 is 0 Å². The molecule has 0 radical (unpaired) electrons. The molecule has 0 saturated heterocycles. The van der Waals surface area contributed by atoms with Gasteiger partial charge in [0.1, 0.15) is 0 Å². The Kier molecular flexibility index (Phi) is 4.34. The van der Waals surface area contributed by atoms with Gasteiger partial charge in [0, 0.05) is 19.6 Å². The summed E-state index contributed by atoms with van der Waals surface area (Å²) in [6.45, 7) is 2.26. The Bertz CT molecular complexity index is 258. The third-order valence-corrected chi connectivity index (χ3v) is 4.50. The molecule has 0 unspecified atom stereocenters. The number of hydrogen-bond donors (Lipinski definition) is 1. The molecule has 4 nitrogen and oxygen atoms in total. The molecule has 84 valence electrons. The molecule has 0 aromatic heterocycles. The van der Waals surface area contributed by atoms with Crippen molar-refractivity contribution < 1.29 is 8.42 Å². The summed E-state index contributed by atoms with van der Waals surface area (Å²) in [4.78, 5) is 0. The predicted octanol–water partition coefficient (Wildman–Crippen LogP) is 1.11. The van der Waals surface area contributed by atoms with Crippen molar-refractivity contribution in [2.45, 2.75) is 45.1 Å². The monoisotopic (exact) mass is 220 g/mol. The van der Waals surface area contributed by atoms with Gasteiger partial charge in [-0.05, 0) is 12.8 Å². The Balaban J connectivity index is 2.58. The summed E-state index contributed by atoms with van der Waals surface area (Å²) in [5.41, 5.74) is 0. The third-order valence-electron chi connectivity index (χ3n) is 2.79. The molecule has 1 aliphatic rings. The van der Waals surface area contributed by atoms with E-state index in [2.05, 4.69) is 4.72 Å². The minimum absolute atomic E-state index is 0.202. The van der Waals surface area contributed by atoms with Crippen LogP contribution >= 0.6 is 0 Å². The van der Waals surface area contributed by atoms with E-state index < -0.39 is 10.2 Å². The maximum atomic E-state index is 11.6. The van der Waals surface area contributed by atoms with Crippen LogP contribution in [0, 0.1) is 0 Å². The van der Waals surface area contributed by atoms with E-state index in [1.54, 1.807) is 14.0 Å². The highest BCUT2D eigenvalue weighted by molar-refractivity contribution is 7.87. The van der Waals surface area contributed by atoms with Crippen molar-refractivity contribution in [1.82, 2.24) is 9.03 Å². The van der Waals surface area contributed by atoms with E-state index in [9.17, 15) is 8.42 Å². The molecule has 0 spiro atoms. The lowest BCUT2D eigenvalue weighted by Gasteiger charge is -2.30. The Morgan fingerprint density at radius 1 is 1.29 bits per heavy atom. The van der Waals surface area contributed by atoms with E-state index in [1.165, 1.54) is 10.7 Å². The zero-order chi connectivity index (χ0) is 10.6. The highest BCUT2D eigenvalue weighted by Crippen LogP contribution is 2.22. The second-order valence-corrected chi connectivity index (χ2v) is 5.63. The van der Waals surface area contributed by atoms with Gasteiger partial charge in [0.2, 0.25) is 0 Å². The fourth-order valence-corrected chi connectivity index (χ4v) is 3.10. The first kappa shape index (κ1) is 11.9. The van der Waals surface area contributed by atoms with Crippen LogP contribution in [0.3, 0.4) is 0 Å². The first-order valence-corrected chi connectivity index (χ1v) is 6.74. The first-order chi connectivity index (χ1) is 6.58. The summed E-state index contributed by atoms with van der Waals surface area (Å²) in [6, 6.07) is 0.202. The first-order valence-electron chi connectivity index (χ1n) is 5.30. The van der Waals surface area contributed by atoms with Gasteiger partial charge in [0.15, 0.2) is 0 Å². The van der Waals surface area contributed by atoms with Gasteiger partial charge in [-0.25, -0.2) is 4.72 Å². The summed E-state index contributed by atoms with van der Waals surface area (Å²) in [5.74, 6) is 0. The Morgan fingerprint density at radius 2 is 1.86 bits per heavy atom. The summed E-state index contributed by atoms with van der Waals surface area (Å²) in [7, 11) is -1.55. The number of nitrogens with one attached hydrogen (secondary N) is 1. The fraction of sp³-hybridized carbons (Fsp3) is 1.00. The van der Waals surface area contributed by atoms with Gasteiger partial charge in [-0.15, -0.1) is 0 Å². The van der Waals surface area contributed by atoms with Gasteiger partial charge in [0.05, 0.1) is 0 Å². The highest BCUT2D eigenvalue weighted by atomic mass is 32.2. The van der Waals surface area contributed by atoms with Crippen molar-refractivity contribution >= 4 is 10.2 Å². The zero-order valence-electron chi connectivity index (χ0n) is 8.99. The molecule has 0 bridgehead atoms. The maximum Gasteiger partial charge on any atom is 0.279 e. The molecule has 0 heterocycles. The topological polar surface area (TPSA) is 49.4 Å². The Labute approximate surface area is 86.9 Å². The quantitative estimate of drug-likeness (QED) is 0.771. The van der Waals surface area contributed by atoms with Crippen molar-refractivity contribution in [3.05, 3.63) is 0 Å². The molecule has 0 aromatic rings. The lowest BCUT2D eigenvalue weighted by atomic mass is 9.96. The highest BCUT2D eigenvalue weighted by Gasteiger charge is 2.26. The number of rotatable bonds is 4. The van der Waals surface area contributed by atoms with E-state index >= 15 is 0 Å². The van der Waals surface area contributed by atoms with Crippen molar-refractivity contribution in [1.29, 1.82) is 0 Å². The molecule has 0 amide bonds. The van der Waals surface area contributed by atoms with Crippen molar-refractivity contribution in [2.75, 3.05) is 13.6 Å². The second-order valence-electron chi connectivity index (χ2n) is 3.81. The standard InChI is InChI=1S/C9H20N2O2S/c1-3-10-14(12,13)11(2)9-7-5-4-6-8-9/h9-10H,3-8H2,1-2H3. The van der Waals surface area contributed by atoms with E-state index in [-0.39, 0.29) is 6.04 Å². The van der Waals surface area contributed by atoms with E-state index in [0.29, 0.717) is 6.54 Å². The van der Waals surface area contributed by atoms with E-state index in [0.717, 1.165) is 25.7 Å². The van der Waals surface area contributed by atoms with Gasteiger partial charge in [-0.3, -0.25) is 0 Å². The number of nitrogens with zero attached hydrogens (tertiary/aromatic N) is 1. The van der Waals surface area contributed by atoms with Crippen molar-refractivity contribution in [2.24, 2.45) is 0 Å². The summed E-state index contributed by atoms with van der Waals surface area (Å²) in [5, 5.41) is 0. The summed E-state index contributed by atoms with van der Waals surface area (Å²) < 4.78 is 27.3. The van der Waals surface area contributed by atoms with Crippen LogP contribution in [0.25, 0.3) is 0 Å². The molecular formula is C9H20N2O2S. The van der Waals surface area contributed by atoms with Crippen LogP contribution in [0.2, 0.25) is 0 Å². The minimum Gasteiger partial charge on any atom is -0.202 e. The Hall–Kier alpha value is -0.130. The predicted molar refractivity (Wildman–Crippen MR) is 57.2 cm³/mol. The summed E-state index contributed by atoms with van der Waals surface area (Å²) >= 11 is 0. The van der Waals surface area contributed by atoms with Crippen LogP contribution in [0.5, 0.6) is 0 Å². The molecular weight excluding hydrogens is 200 g/mol. The largest absolute Gasteiger partial charge is 0.279 e.